The van der Waals surface area contributed by atoms with Gasteiger partial charge in [0.05, 0.1) is 4.92 Å². The molecule has 0 N–H and O–H groups in total. The highest BCUT2D eigenvalue weighted by atomic mass is 19.3. The molecule has 0 amide bonds. The number of nitrogens with zero attached hydrogens (tertiary/aromatic N) is 2. The SMILES string of the molecule is O=[N+]([O-])c1ccc(C(F)(F)[N+](=O)[O-])cc1. The first-order valence-electron chi connectivity index (χ1n) is 3.63. The van der Waals surface area contributed by atoms with Gasteiger partial charge in [-0.1, -0.05) is 0 Å². The Morgan fingerprint density at radius 1 is 1.07 bits per heavy atom. The second-order valence-corrected chi connectivity index (χ2v) is 2.60. The zero-order valence-electron chi connectivity index (χ0n) is 7.09. The Bertz CT molecular complexity index is 404. The van der Waals surface area contributed by atoms with Crippen molar-refractivity contribution in [2.24, 2.45) is 0 Å². The predicted octanol–water partition coefficient (Wildman–Crippen LogP) is 1.92. The Kier molecular flexibility index (Phi) is 2.60. The molecule has 0 saturated heterocycles. The minimum atomic E-state index is -4.23. The number of non-ortho nitro benzene ring substituents is 1. The van der Waals surface area contributed by atoms with Gasteiger partial charge in [-0.25, -0.2) is 0 Å². The summed E-state index contributed by atoms with van der Waals surface area (Å²) in [5.41, 5.74) is -1.30. The molecule has 0 spiro atoms. The van der Waals surface area contributed by atoms with E-state index in [9.17, 15) is 29.0 Å². The summed E-state index contributed by atoms with van der Waals surface area (Å²) >= 11 is 0. The molecule has 0 unspecified atom stereocenters. The van der Waals surface area contributed by atoms with Crippen LogP contribution in [0.15, 0.2) is 24.3 Å². The summed E-state index contributed by atoms with van der Waals surface area (Å²) in [7, 11) is 0. The van der Waals surface area contributed by atoms with Crippen LogP contribution in [0.2, 0.25) is 0 Å². The van der Waals surface area contributed by atoms with Crippen LogP contribution in [0.4, 0.5) is 14.5 Å². The third-order valence-corrected chi connectivity index (χ3v) is 1.65. The lowest BCUT2D eigenvalue weighted by Crippen LogP contribution is -2.24. The molecule has 0 aliphatic carbocycles. The first-order valence-corrected chi connectivity index (χ1v) is 3.63. The quantitative estimate of drug-likeness (QED) is 0.440. The van der Waals surface area contributed by atoms with Crippen LogP contribution in [0.3, 0.4) is 0 Å². The van der Waals surface area contributed by atoms with Crippen LogP contribution in [0.25, 0.3) is 0 Å². The first-order chi connectivity index (χ1) is 6.85. The molecular weight excluding hydrogens is 214 g/mol. The summed E-state index contributed by atoms with van der Waals surface area (Å²) in [6.07, 6.45) is 0. The van der Waals surface area contributed by atoms with Gasteiger partial charge < -0.3 is 0 Å². The minimum Gasteiger partial charge on any atom is -0.259 e. The van der Waals surface area contributed by atoms with Gasteiger partial charge in [0.1, 0.15) is 10.5 Å². The monoisotopic (exact) mass is 218 g/mol. The third-order valence-electron chi connectivity index (χ3n) is 1.65. The maximum absolute atomic E-state index is 12.7. The topological polar surface area (TPSA) is 86.3 Å². The van der Waals surface area contributed by atoms with E-state index in [1.54, 1.807) is 0 Å². The largest absolute Gasteiger partial charge is 0.539 e. The second kappa shape index (κ2) is 3.56. The fourth-order valence-corrected chi connectivity index (χ4v) is 0.889. The first kappa shape index (κ1) is 11.0. The number of benzene rings is 1. The van der Waals surface area contributed by atoms with Gasteiger partial charge in [-0.3, -0.25) is 20.2 Å². The van der Waals surface area contributed by atoms with E-state index < -0.39 is 27.1 Å². The number of nitro groups is 2. The fourth-order valence-electron chi connectivity index (χ4n) is 0.889. The molecule has 0 atom stereocenters. The van der Waals surface area contributed by atoms with Crippen molar-refractivity contribution in [2.45, 2.75) is 6.05 Å². The van der Waals surface area contributed by atoms with Gasteiger partial charge in [0, 0.05) is 12.1 Å². The van der Waals surface area contributed by atoms with E-state index in [2.05, 4.69) is 0 Å². The van der Waals surface area contributed by atoms with Gasteiger partial charge in [0.25, 0.3) is 5.69 Å². The van der Waals surface area contributed by atoms with E-state index in [0.29, 0.717) is 12.1 Å². The van der Waals surface area contributed by atoms with Crippen LogP contribution in [0, 0.1) is 20.2 Å². The summed E-state index contributed by atoms with van der Waals surface area (Å²) in [4.78, 5) is 17.6. The lowest BCUT2D eigenvalue weighted by atomic mass is 10.2. The molecular formula is C7H4F2N2O4. The average Bonchev–Trinajstić information content (AvgIpc) is 2.17. The van der Waals surface area contributed by atoms with Crippen LogP contribution in [-0.4, -0.2) is 9.85 Å². The molecule has 0 aliphatic heterocycles. The van der Waals surface area contributed by atoms with E-state index in [0.717, 1.165) is 12.1 Å². The smallest absolute Gasteiger partial charge is 0.259 e. The molecule has 0 radical (unpaired) electrons. The van der Waals surface area contributed by atoms with Crippen molar-refractivity contribution in [1.29, 1.82) is 0 Å². The van der Waals surface area contributed by atoms with Crippen LogP contribution in [0.5, 0.6) is 0 Å². The van der Waals surface area contributed by atoms with Crippen molar-refractivity contribution in [3.63, 3.8) is 0 Å². The Labute approximate surface area is 81.4 Å². The molecule has 0 saturated carbocycles. The molecule has 1 aromatic rings. The molecule has 0 aliphatic rings. The van der Waals surface area contributed by atoms with Gasteiger partial charge in [-0.15, -0.1) is 8.78 Å². The second-order valence-electron chi connectivity index (χ2n) is 2.60. The van der Waals surface area contributed by atoms with Gasteiger partial charge in [0.2, 0.25) is 0 Å². The number of nitro benzene ring substituents is 1. The van der Waals surface area contributed by atoms with Crippen molar-refractivity contribution in [2.75, 3.05) is 0 Å². The van der Waals surface area contributed by atoms with Crippen LogP contribution in [0.1, 0.15) is 5.56 Å². The van der Waals surface area contributed by atoms with Crippen LogP contribution in [-0.2, 0) is 6.05 Å². The van der Waals surface area contributed by atoms with Crippen LogP contribution < -0.4 is 0 Å². The normalized spacial score (nSPS) is 11.1. The van der Waals surface area contributed by atoms with Crippen molar-refractivity contribution in [1.82, 2.24) is 0 Å². The van der Waals surface area contributed by atoms with E-state index in [1.165, 1.54) is 0 Å². The molecule has 0 fully saturated rings. The molecule has 0 heterocycles. The highest BCUT2D eigenvalue weighted by Crippen LogP contribution is 2.29. The number of rotatable bonds is 3. The van der Waals surface area contributed by atoms with Gasteiger partial charge in [-0.2, -0.15) is 0 Å². The van der Waals surface area contributed by atoms with E-state index in [4.69, 9.17) is 0 Å². The van der Waals surface area contributed by atoms with Crippen LogP contribution >= 0.6 is 0 Å². The molecule has 80 valence electrons. The van der Waals surface area contributed by atoms with E-state index in [1.807, 2.05) is 0 Å². The Morgan fingerprint density at radius 2 is 1.53 bits per heavy atom. The molecule has 1 rings (SSSR count). The van der Waals surface area contributed by atoms with Gasteiger partial charge >= 0.3 is 6.05 Å². The highest BCUT2D eigenvalue weighted by molar-refractivity contribution is 5.33. The predicted molar refractivity (Wildman–Crippen MR) is 44.0 cm³/mol. The summed E-state index contributed by atoms with van der Waals surface area (Å²) in [6.45, 7) is 0. The standard InChI is InChI=1S/C7H4F2N2O4/c8-7(9,11(14)15)5-1-3-6(4-2-5)10(12)13/h1-4H. The van der Waals surface area contributed by atoms with Crippen molar-refractivity contribution >= 4 is 5.69 Å². The molecule has 1 aromatic carbocycles. The zero-order chi connectivity index (χ0) is 11.6. The molecule has 8 heteroatoms. The molecule has 6 nitrogen and oxygen atoms in total. The van der Waals surface area contributed by atoms with Crippen molar-refractivity contribution in [3.05, 3.63) is 50.1 Å². The van der Waals surface area contributed by atoms with E-state index >= 15 is 0 Å². The van der Waals surface area contributed by atoms with Gasteiger partial charge in [-0.05, 0) is 12.1 Å². The maximum atomic E-state index is 12.7. The maximum Gasteiger partial charge on any atom is 0.539 e. The summed E-state index contributed by atoms with van der Waals surface area (Å²) in [5.74, 6) is 0. The summed E-state index contributed by atoms with van der Waals surface area (Å²) in [5, 5.41) is 20.1. The summed E-state index contributed by atoms with van der Waals surface area (Å²) < 4.78 is 25.5. The number of hydrogen-bond acceptors (Lipinski definition) is 4. The van der Waals surface area contributed by atoms with E-state index in [-0.39, 0.29) is 0 Å². The molecule has 15 heavy (non-hydrogen) atoms. The third kappa shape index (κ3) is 2.03. The molecule has 0 aromatic heterocycles. The Balaban J connectivity index is 3.09. The highest BCUT2D eigenvalue weighted by Gasteiger charge is 2.46. The lowest BCUT2D eigenvalue weighted by molar-refractivity contribution is -0.656. The minimum absolute atomic E-state index is 0.405. The number of hydrogen-bond donors (Lipinski definition) is 0. The zero-order valence-corrected chi connectivity index (χ0v) is 7.09. The molecule has 0 bridgehead atoms. The number of alkyl halides is 2. The van der Waals surface area contributed by atoms with Crippen molar-refractivity contribution in [3.8, 4) is 0 Å². The van der Waals surface area contributed by atoms with Crippen molar-refractivity contribution < 1.29 is 18.6 Å². The average molecular weight is 218 g/mol. The Morgan fingerprint density at radius 3 is 1.87 bits per heavy atom. The lowest BCUT2D eigenvalue weighted by Gasteiger charge is -2.05. The summed E-state index contributed by atoms with van der Waals surface area (Å²) in [6, 6.07) is -1.35. The number of halogens is 2. The fraction of sp³-hybridized carbons (Fsp3) is 0.143. The Hall–Kier alpha value is -2.12. The van der Waals surface area contributed by atoms with Gasteiger partial charge in [0.15, 0.2) is 0 Å².